The summed E-state index contributed by atoms with van der Waals surface area (Å²) >= 11 is 6.39. The molecular formula is C23H26ClN3O. The first-order chi connectivity index (χ1) is 13.6. The van der Waals surface area contributed by atoms with Crippen LogP contribution in [0.1, 0.15) is 42.7 Å². The maximum Gasteiger partial charge on any atom is 0.138 e. The van der Waals surface area contributed by atoms with E-state index in [1.165, 1.54) is 5.56 Å². The van der Waals surface area contributed by atoms with E-state index in [4.69, 9.17) is 27.3 Å². The zero-order chi connectivity index (χ0) is 19.5. The van der Waals surface area contributed by atoms with Crippen LogP contribution in [-0.2, 0) is 0 Å². The molecule has 4 unspecified atom stereocenters. The van der Waals surface area contributed by atoms with Crippen LogP contribution in [-0.4, -0.2) is 36.2 Å². The average molecular weight is 396 g/mol. The van der Waals surface area contributed by atoms with Gasteiger partial charge < -0.3 is 10.5 Å². The second kappa shape index (κ2) is 8.53. The van der Waals surface area contributed by atoms with Gasteiger partial charge in [-0.05, 0) is 61.9 Å². The molecule has 146 valence electrons. The van der Waals surface area contributed by atoms with Gasteiger partial charge in [-0.2, -0.15) is 5.26 Å². The normalized spacial score (nSPS) is 28.0. The third-order valence-corrected chi connectivity index (χ3v) is 6.34. The van der Waals surface area contributed by atoms with Crippen molar-refractivity contribution in [3.05, 3.63) is 64.7 Å². The number of halogens is 1. The van der Waals surface area contributed by atoms with Crippen molar-refractivity contribution in [1.82, 2.24) is 4.90 Å². The molecule has 0 aromatic heterocycles. The topological polar surface area (TPSA) is 62.3 Å². The fourth-order valence-corrected chi connectivity index (χ4v) is 4.88. The van der Waals surface area contributed by atoms with Crippen molar-refractivity contribution in [3.63, 3.8) is 0 Å². The lowest BCUT2D eigenvalue weighted by Gasteiger charge is -2.38. The minimum absolute atomic E-state index is 0.0564. The number of nitrogens with zero attached hydrogens (tertiary/aromatic N) is 2. The third-order valence-electron chi connectivity index (χ3n) is 6.04. The van der Waals surface area contributed by atoms with Gasteiger partial charge in [0.1, 0.15) is 11.9 Å². The summed E-state index contributed by atoms with van der Waals surface area (Å²) in [6, 6.07) is 18.6. The fourth-order valence-electron chi connectivity index (χ4n) is 4.66. The number of likely N-dealkylation sites (tertiary alicyclic amines) is 1. The first-order valence-electron chi connectivity index (χ1n) is 10.0. The van der Waals surface area contributed by atoms with Crippen molar-refractivity contribution in [2.45, 2.75) is 49.8 Å². The molecule has 2 N–H and O–H groups in total. The summed E-state index contributed by atoms with van der Waals surface area (Å²) in [5.41, 5.74) is 8.17. The third kappa shape index (κ3) is 4.17. The largest absolute Gasteiger partial charge is 0.487 e. The Morgan fingerprint density at radius 2 is 1.96 bits per heavy atom. The SMILES string of the molecule is N#Cc1ccc(OC2CC(c3ccccc3)CC2N2CCCC(N)C2)c(Cl)c1. The first-order valence-corrected chi connectivity index (χ1v) is 10.4. The highest BCUT2D eigenvalue weighted by molar-refractivity contribution is 6.32. The molecule has 4 nitrogen and oxygen atoms in total. The van der Waals surface area contributed by atoms with Crippen LogP contribution in [0.4, 0.5) is 0 Å². The zero-order valence-corrected chi connectivity index (χ0v) is 16.7. The highest BCUT2D eigenvalue weighted by atomic mass is 35.5. The van der Waals surface area contributed by atoms with Gasteiger partial charge in [0.05, 0.1) is 16.7 Å². The van der Waals surface area contributed by atoms with Gasteiger partial charge >= 0.3 is 0 Å². The molecular weight excluding hydrogens is 370 g/mol. The lowest BCUT2D eigenvalue weighted by atomic mass is 9.97. The predicted molar refractivity (Wildman–Crippen MR) is 112 cm³/mol. The van der Waals surface area contributed by atoms with E-state index in [0.29, 0.717) is 28.3 Å². The van der Waals surface area contributed by atoms with Crippen molar-refractivity contribution in [2.75, 3.05) is 13.1 Å². The molecule has 0 spiro atoms. The summed E-state index contributed by atoms with van der Waals surface area (Å²) in [6.07, 6.45) is 4.31. The fraction of sp³-hybridized carbons (Fsp3) is 0.435. The van der Waals surface area contributed by atoms with E-state index in [2.05, 4.69) is 41.3 Å². The van der Waals surface area contributed by atoms with E-state index in [1.807, 2.05) is 6.07 Å². The van der Waals surface area contributed by atoms with Crippen LogP contribution in [0.5, 0.6) is 5.75 Å². The maximum absolute atomic E-state index is 9.07. The first kappa shape index (κ1) is 19.3. The number of benzene rings is 2. The van der Waals surface area contributed by atoms with Crippen LogP contribution in [0, 0.1) is 11.3 Å². The number of rotatable bonds is 4. The number of nitriles is 1. The second-order valence-electron chi connectivity index (χ2n) is 7.96. The van der Waals surface area contributed by atoms with Gasteiger partial charge in [0.2, 0.25) is 0 Å². The Morgan fingerprint density at radius 1 is 1.14 bits per heavy atom. The Morgan fingerprint density at radius 3 is 2.68 bits per heavy atom. The minimum Gasteiger partial charge on any atom is -0.487 e. The Labute approximate surface area is 171 Å². The molecule has 2 fully saturated rings. The Kier molecular flexibility index (Phi) is 5.87. The van der Waals surface area contributed by atoms with E-state index in [9.17, 15) is 0 Å². The molecule has 2 aliphatic rings. The molecule has 1 aliphatic heterocycles. The molecule has 4 atom stereocenters. The summed E-state index contributed by atoms with van der Waals surface area (Å²) in [5.74, 6) is 1.12. The zero-order valence-electron chi connectivity index (χ0n) is 15.9. The lowest BCUT2D eigenvalue weighted by Crippen LogP contribution is -2.51. The van der Waals surface area contributed by atoms with Crippen molar-refractivity contribution < 1.29 is 4.74 Å². The summed E-state index contributed by atoms with van der Waals surface area (Å²) in [4.78, 5) is 2.51. The molecule has 0 amide bonds. The van der Waals surface area contributed by atoms with Crippen molar-refractivity contribution in [3.8, 4) is 11.8 Å². The van der Waals surface area contributed by atoms with E-state index >= 15 is 0 Å². The monoisotopic (exact) mass is 395 g/mol. The molecule has 2 aromatic carbocycles. The van der Waals surface area contributed by atoms with E-state index < -0.39 is 0 Å². The predicted octanol–water partition coefficient (Wildman–Crippen LogP) is 4.33. The quantitative estimate of drug-likeness (QED) is 0.836. The van der Waals surface area contributed by atoms with Crippen LogP contribution in [0.3, 0.4) is 0 Å². The van der Waals surface area contributed by atoms with Crippen LogP contribution in [0.25, 0.3) is 0 Å². The summed E-state index contributed by atoms with van der Waals surface area (Å²) < 4.78 is 6.43. The van der Waals surface area contributed by atoms with Gasteiger partial charge in [-0.1, -0.05) is 41.9 Å². The molecule has 4 rings (SSSR count). The van der Waals surface area contributed by atoms with Gasteiger partial charge in [0, 0.05) is 18.6 Å². The molecule has 5 heteroatoms. The Bertz CT molecular complexity index is 851. The van der Waals surface area contributed by atoms with E-state index in [0.717, 1.165) is 38.8 Å². The summed E-state index contributed by atoms with van der Waals surface area (Å²) in [7, 11) is 0. The number of ether oxygens (including phenoxy) is 1. The van der Waals surface area contributed by atoms with Crippen molar-refractivity contribution in [2.24, 2.45) is 5.73 Å². The molecule has 2 aromatic rings. The van der Waals surface area contributed by atoms with Crippen LogP contribution >= 0.6 is 11.6 Å². The summed E-state index contributed by atoms with van der Waals surface area (Å²) in [5, 5.41) is 9.56. The number of hydrogen-bond donors (Lipinski definition) is 1. The van der Waals surface area contributed by atoms with Crippen molar-refractivity contribution >= 4 is 11.6 Å². The number of nitrogens with two attached hydrogens (primary N) is 1. The van der Waals surface area contributed by atoms with Crippen LogP contribution < -0.4 is 10.5 Å². The molecule has 1 aliphatic carbocycles. The van der Waals surface area contributed by atoms with Crippen LogP contribution in [0.15, 0.2) is 48.5 Å². The number of piperidine rings is 1. The molecule has 1 saturated heterocycles. The van der Waals surface area contributed by atoms with E-state index in [-0.39, 0.29) is 12.1 Å². The van der Waals surface area contributed by atoms with Crippen molar-refractivity contribution in [1.29, 1.82) is 5.26 Å². The van der Waals surface area contributed by atoms with Gasteiger partial charge in [0.15, 0.2) is 0 Å². The molecule has 28 heavy (non-hydrogen) atoms. The standard InChI is InChI=1S/C23H26ClN3O/c24-20-11-16(14-25)8-9-22(20)28-23-13-18(17-5-2-1-3-6-17)12-21(23)27-10-4-7-19(26)15-27/h1-3,5-6,8-9,11,18-19,21,23H,4,7,10,12-13,15,26H2. The molecule has 1 heterocycles. The molecule has 0 bridgehead atoms. The average Bonchev–Trinajstić information content (AvgIpc) is 3.14. The van der Waals surface area contributed by atoms with E-state index in [1.54, 1.807) is 12.1 Å². The minimum atomic E-state index is 0.0564. The molecule has 0 radical (unpaired) electrons. The second-order valence-corrected chi connectivity index (χ2v) is 8.36. The summed E-state index contributed by atoms with van der Waals surface area (Å²) in [6.45, 7) is 1.99. The lowest BCUT2D eigenvalue weighted by molar-refractivity contribution is 0.0682. The maximum atomic E-state index is 9.07. The van der Waals surface area contributed by atoms with Gasteiger partial charge in [-0.15, -0.1) is 0 Å². The highest BCUT2D eigenvalue weighted by Crippen LogP contribution is 2.41. The Hall–Kier alpha value is -2.06. The van der Waals surface area contributed by atoms with Gasteiger partial charge in [-0.3, -0.25) is 4.90 Å². The van der Waals surface area contributed by atoms with Gasteiger partial charge in [-0.25, -0.2) is 0 Å². The smallest absolute Gasteiger partial charge is 0.138 e. The van der Waals surface area contributed by atoms with Gasteiger partial charge in [0.25, 0.3) is 0 Å². The number of hydrogen-bond acceptors (Lipinski definition) is 4. The highest BCUT2D eigenvalue weighted by Gasteiger charge is 2.41. The molecule has 1 saturated carbocycles. The van der Waals surface area contributed by atoms with Crippen LogP contribution in [0.2, 0.25) is 5.02 Å². The Balaban J connectivity index is 1.57.